The van der Waals surface area contributed by atoms with Gasteiger partial charge in [-0.15, -0.1) is 0 Å². The monoisotopic (exact) mass is 178 g/mol. The Bertz CT molecular complexity index is 196. The fraction of sp³-hybridized carbons (Fsp3) is 0.400. The molecule has 6 heteroatoms. The Morgan fingerprint density at radius 1 is 1.64 bits per heavy atom. The number of rotatable bonds is 1. The Labute approximate surface area is 67.2 Å². The van der Waals surface area contributed by atoms with Crippen molar-refractivity contribution in [1.82, 2.24) is 9.55 Å². The maximum Gasteiger partial charge on any atom is 0.299 e. The lowest BCUT2D eigenvalue weighted by Crippen LogP contribution is -1.85. The second kappa shape index (κ2) is 6.02. The fourth-order valence-corrected chi connectivity index (χ4v) is 0.474. The molecule has 0 saturated heterocycles. The Kier molecular flexibility index (Phi) is 5.63. The Morgan fingerprint density at radius 3 is 2.36 bits per heavy atom. The van der Waals surface area contributed by atoms with Gasteiger partial charge in [-0.1, -0.05) is 0 Å². The van der Waals surface area contributed by atoms with Crippen molar-refractivity contribution in [3.63, 3.8) is 0 Å². The molecule has 0 aliphatic heterocycles. The van der Waals surface area contributed by atoms with E-state index >= 15 is 0 Å². The van der Waals surface area contributed by atoms with Crippen LogP contribution in [-0.2, 0) is 17.9 Å². The topological polar surface area (TPSA) is 75.4 Å². The minimum absolute atomic E-state index is 1.01. The second-order valence-corrected chi connectivity index (χ2v) is 2.09. The van der Waals surface area contributed by atoms with Crippen molar-refractivity contribution in [2.24, 2.45) is 0 Å². The van der Waals surface area contributed by atoms with Gasteiger partial charge in [-0.05, 0) is 6.92 Å². The summed E-state index contributed by atoms with van der Waals surface area (Å²) in [5, 5.41) is 0. The molecule has 1 rings (SSSR count). The van der Waals surface area contributed by atoms with Gasteiger partial charge in [-0.3, -0.25) is 9.11 Å². The average molecular weight is 178 g/mol. The summed E-state index contributed by atoms with van der Waals surface area (Å²) < 4.78 is 24.8. The van der Waals surface area contributed by atoms with Crippen LogP contribution in [0, 0.1) is 0 Å². The van der Waals surface area contributed by atoms with E-state index in [0.29, 0.717) is 0 Å². The normalized spacial score (nSPS) is 9.09. The summed E-state index contributed by atoms with van der Waals surface area (Å²) in [6.45, 7) is 3.10. The molecule has 1 aromatic rings. The number of aromatic nitrogens is 2. The number of aryl methyl sites for hydroxylation is 1. The molecule has 0 amide bonds. The number of nitrogens with zero attached hydrogens (tertiary/aromatic N) is 2. The molecule has 0 atom stereocenters. The van der Waals surface area contributed by atoms with Gasteiger partial charge < -0.3 is 4.57 Å². The smallest absolute Gasteiger partial charge is 0.299 e. The van der Waals surface area contributed by atoms with Crippen LogP contribution in [0.3, 0.4) is 0 Å². The van der Waals surface area contributed by atoms with Crippen molar-refractivity contribution in [3.8, 4) is 0 Å². The first-order valence-electron chi connectivity index (χ1n) is 2.92. The molecule has 0 spiro atoms. The van der Waals surface area contributed by atoms with E-state index in [1.165, 1.54) is 0 Å². The molecule has 0 saturated carbocycles. The van der Waals surface area contributed by atoms with Crippen LogP contribution in [0.2, 0.25) is 0 Å². The predicted molar refractivity (Wildman–Crippen MR) is 41.3 cm³/mol. The zero-order valence-corrected chi connectivity index (χ0v) is 6.86. The van der Waals surface area contributed by atoms with Crippen LogP contribution in [0.1, 0.15) is 6.92 Å². The number of hydrogen-bond acceptors (Lipinski definition) is 2. The zero-order valence-electron chi connectivity index (χ0n) is 6.04. The highest BCUT2D eigenvalue weighted by molar-refractivity contribution is 7.73. The van der Waals surface area contributed by atoms with Crippen molar-refractivity contribution in [2.45, 2.75) is 13.5 Å². The molecule has 0 fully saturated rings. The summed E-state index contributed by atoms with van der Waals surface area (Å²) in [4.78, 5) is 3.86. The Balaban J connectivity index is 0.000000218. The third-order valence-electron chi connectivity index (χ3n) is 0.924. The van der Waals surface area contributed by atoms with E-state index in [0.717, 1.165) is 6.54 Å². The molecule has 0 aliphatic rings. The highest BCUT2D eigenvalue weighted by Gasteiger charge is 1.77. The molecule has 0 unspecified atom stereocenters. The van der Waals surface area contributed by atoms with Gasteiger partial charge in [0.05, 0.1) is 6.33 Å². The number of hydrogen-bond donors (Lipinski definition) is 2. The van der Waals surface area contributed by atoms with Gasteiger partial charge in [0.2, 0.25) is 0 Å². The van der Waals surface area contributed by atoms with Crippen molar-refractivity contribution < 1.29 is 13.3 Å². The molecule has 2 N–H and O–H groups in total. The summed E-state index contributed by atoms with van der Waals surface area (Å²) in [6.07, 6.45) is 5.53. The van der Waals surface area contributed by atoms with Gasteiger partial charge >= 0.3 is 0 Å². The van der Waals surface area contributed by atoms with Gasteiger partial charge in [0, 0.05) is 18.9 Å². The lowest BCUT2D eigenvalue weighted by atomic mass is 10.7. The number of imidazole rings is 1. The molecule has 0 aliphatic carbocycles. The SMILES string of the molecule is CCn1ccnc1.O=S(O)O. The third kappa shape index (κ3) is 7.17. The van der Waals surface area contributed by atoms with Crippen LogP contribution in [0.25, 0.3) is 0 Å². The first-order chi connectivity index (χ1) is 5.16. The van der Waals surface area contributed by atoms with Crippen LogP contribution < -0.4 is 0 Å². The molecule has 0 radical (unpaired) electrons. The second-order valence-electron chi connectivity index (χ2n) is 1.62. The minimum atomic E-state index is -2.61. The third-order valence-corrected chi connectivity index (χ3v) is 0.924. The largest absolute Gasteiger partial charge is 0.338 e. The van der Waals surface area contributed by atoms with Crippen LogP contribution >= 0.6 is 0 Å². The van der Waals surface area contributed by atoms with E-state index < -0.39 is 11.4 Å². The zero-order chi connectivity index (χ0) is 8.69. The highest BCUT2D eigenvalue weighted by atomic mass is 32.2. The first-order valence-corrected chi connectivity index (χ1v) is 3.98. The average Bonchev–Trinajstić information content (AvgIpc) is 2.36. The van der Waals surface area contributed by atoms with E-state index in [9.17, 15) is 0 Å². The summed E-state index contributed by atoms with van der Waals surface area (Å²) in [6, 6.07) is 0. The molecule has 5 nitrogen and oxygen atoms in total. The van der Waals surface area contributed by atoms with Crippen LogP contribution in [0.4, 0.5) is 0 Å². The maximum atomic E-state index is 8.67. The van der Waals surface area contributed by atoms with Crippen molar-refractivity contribution in [2.75, 3.05) is 0 Å². The summed E-state index contributed by atoms with van der Waals surface area (Å²) >= 11 is -2.61. The Hall–Kier alpha value is -0.720. The minimum Gasteiger partial charge on any atom is -0.338 e. The molecular weight excluding hydrogens is 168 g/mol. The van der Waals surface area contributed by atoms with E-state index in [-0.39, 0.29) is 0 Å². The predicted octanol–water partition coefficient (Wildman–Crippen LogP) is 0.584. The van der Waals surface area contributed by atoms with Crippen molar-refractivity contribution >= 4 is 11.4 Å². The molecule has 1 heterocycles. The fourth-order valence-electron chi connectivity index (χ4n) is 0.474. The van der Waals surface area contributed by atoms with Crippen LogP contribution in [-0.4, -0.2) is 22.9 Å². The molecule has 0 bridgehead atoms. The van der Waals surface area contributed by atoms with E-state index in [1.807, 2.05) is 10.8 Å². The summed E-state index contributed by atoms with van der Waals surface area (Å²) in [5.41, 5.74) is 0. The highest BCUT2D eigenvalue weighted by Crippen LogP contribution is 1.81. The molecule has 64 valence electrons. The van der Waals surface area contributed by atoms with Gasteiger partial charge in [0.15, 0.2) is 0 Å². The van der Waals surface area contributed by atoms with Gasteiger partial charge in [0.25, 0.3) is 11.4 Å². The first kappa shape index (κ1) is 10.3. The quantitative estimate of drug-likeness (QED) is 0.617. The molecule has 0 aromatic carbocycles. The van der Waals surface area contributed by atoms with Gasteiger partial charge in [-0.25, -0.2) is 4.98 Å². The summed E-state index contributed by atoms with van der Waals surface area (Å²) in [7, 11) is 0. The lowest BCUT2D eigenvalue weighted by molar-refractivity contribution is 0.454. The molecular formula is C5H10N2O3S. The van der Waals surface area contributed by atoms with Gasteiger partial charge in [-0.2, -0.15) is 4.21 Å². The van der Waals surface area contributed by atoms with Gasteiger partial charge in [0.1, 0.15) is 0 Å². The lowest BCUT2D eigenvalue weighted by Gasteiger charge is -1.87. The summed E-state index contributed by atoms with van der Waals surface area (Å²) in [5.74, 6) is 0. The van der Waals surface area contributed by atoms with E-state index in [4.69, 9.17) is 13.3 Å². The van der Waals surface area contributed by atoms with Crippen molar-refractivity contribution in [3.05, 3.63) is 18.7 Å². The van der Waals surface area contributed by atoms with Crippen molar-refractivity contribution in [1.29, 1.82) is 0 Å². The maximum absolute atomic E-state index is 8.67. The van der Waals surface area contributed by atoms with E-state index in [1.54, 1.807) is 12.5 Å². The van der Waals surface area contributed by atoms with Crippen LogP contribution in [0.15, 0.2) is 18.7 Å². The van der Waals surface area contributed by atoms with E-state index in [2.05, 4.69) is 11.9 Å². The molecule has 1 aromatic heterocycles. The molecule has 11 heavy (non-hydrogen) atoms. The Morgan fingerprint density at radius 2 is 2.18 bits per heavy atom. The van der Waals surface area contributed by atoms with Crippen LogP contribution in [0.5, 0.6) is 0 Å². The standard InChI is InChI=1S/C5H8N2.H2O3S/c1-2-7-4-3-6-5-7;1-4(2)3/h3-5H,2H2,1H3;(H2,1,2,3).